The lowest BCUT2D eigenvalue weighted by molar-refractivity contribution is -0.117. The van der Waals surface area contributed by atoms with E-state index in [-0.39, 0.29) is 24.4 Å². The maximum absolute atomic E-state index is 12.1. The number of amides is 1. The van der Waals surface area contributed by atoms with Gasteiger partial charge in [0.2, 0.25) is 5.91 Å². The number of nitrogens with one attached hydrogen (secondary N) is 2. The van der Waals surface area contributed by atoms with Crippen molar-refractivity contribution in [1.29, 1.82) is 0 Å². The van der Waals surface area contributed by atoms with E-state index in [1.807, 2.05) is 25.1 Å². The summed E-state index contributed by atoms with van der Waals surface area (Å²) in [4.78, 5) is 12.1. The molecule has 0 aromatic heterocycles. The van der Waals surface area contributed by atoms with E-state index in [0.29, 0.717) is 19.6 Å². The summed E-state index contributed by atoms with van der Waals surface area (Å²) in [6, 6.07) is 5.84. The van der Waals surface area contributed by atoms with Crippen LogP contribution in [0.5, 0.6) is 5.75 Å². The highest BCUT2D eigenvalue weighted by Crippen LogP contribution is 2.21. The number of aryl methyl sites for hydroxylation is 1. The summed E-state index contributed by atoms with van der Waals surface area (Å²) in [5, 5.41) is 6.23. The van der Waals surface area contributed by atoms with Gasteiger partial charge in [0.1, 0.15) is 5.75 Å². The van der Waals surface area contributed by atoms with Crippen LogP contribution in [0.3, 0.4) is 0 Å². The van der Waals surface area contributed by atoms with Crippen LogP contribution < -0.4 is 15.4 Å². The monoisotopic (exact) mass is 328 g/mol. The zero-order valence-corrected chi connectivity index (χ0v) is 14.0. The molecule has 0 bridgehead atoms. The number of rotatable bonds is 6. The standard InChI is InChI=1S/C16H24N2O3.ClH/c1-3-7-21-14-4-5-15(12(2)9-14)18-16(19)10-13-11-20-8-6-17-13;/h4-5,9,13,17H,3,6-8,10-11H2,1-2H3,(H,18,19);1H. The van der Waals surface area contributed by atoms with Gasteiger partial charge in [0.05, 0.1) is 19.8 Å². The van der Waals surface area contributed by atoms with Gasteiger partial charge in [0.25, 0.3) is 0 Å². The van der Waals surface area contributed by atoms with Gasteiger partial charge in [-0.25, -0.2) is 0 Å². The third kappa shape index (κ3) is 5.83. The Hall–Kier alpha value is -1.30. The van der Waals surface area contributed by atoms with Gasteiger partial charge in [-0.15, -0.1) is 12.4 Å². The molecule has 0 spiro atoms. The number of hydrogen-bond donors (Lipinski definition) is 2. The average molecular weight is 329 g/mol. The fourth-order valence-electron chi connectivity index (χ4n) is 2.26. The topological polar surface area (TPSA) is 59.6 Å². The van der Waals surface area contributed by atoms with Crippen LogP contribution in [0.4, 0.5) is 5.69 Å². The van der Waals surface area contributed by atoms with E-state index >= 15 is 0 Å². The lowest BCUT2D eigenvalue weighted by Crippen LogP contribution is -2.43. The van der Waals surface area contributed by atoms with Crippen molar-refractivity contribution in [1.82, 2.24) is 5.32 Å². The summed E-state index contributed by atoms with van der Waals surface area (Å²) in [5.41, 5.74) is 1.84. The van der Waals surface area contributed by atoms with Crippen LogP contribution in [0.15, 0.2) is 18.2 Å². The molecule has 0 aliphatic carbocycles. The molecule has 124 valence electrons. The minimum absolute atomic E-state index is 0. The van der Waals surface area contributed by atoms with Crippen molar-refractivity contribution in [3.05, 3.63) is 23.8 Å². The second kappa shape index (κ2) is 9.66. The highest BCUT2D eigenvalue weighted by Gasteiger charge is 2.17. The molecule has 6 heteroatoms. The Bertz CT molecular complexity index is 476. The van der Waals surface area contributed by atoms with Crippen LogP contribution in [-0.2, 0) is 9.53 Å². The summed E-state index contributed by atoms with van der Waals surface area (Å²) < 4.78 is 10.9. The number of halogens is 1. The molecule has 1 aromatic rings. The molecule has 1 heterocycles. The fraction of sp³-hybridized carbons (Fsp3) is 0.562. The van der Waals surface area contributed by atoms with Gasteiger partial charge in [-0.1, -0.05) is 6.92 Å². The van der Waals surface area contributed by atoms with Crippen LogP contribution >= 0.6 is 12.4 Å². The molecular weight excluding hydrogens is 304 g/mol. The Morgan fingerprint density at radius 1 is 1.50 bits per heavy atom. The Morgan fingerprint density at radius 2 is 2.32 bits per heavy atom. The first-order valence-electron chi connectivity index (χ1n) is 7.53. The number of carbonyl (C=O) groups excluding carboxylic acids is 1. The summed E-state index contributed by atoms with van der Waals surface area (Å²) in [7, 11) is 0. The van der Waals surface area contributed by atoms with Gasteiger partial charge in [-0.2, -0.15) is 0 Å². The van der Waals surface area contributed by atoms with Crippen molar-refractivity contribution in [2.75, 3.05) is 31.7 Å². The molecule has 2 rings (SSSR count). The Morgan fingerprint density at radius 3 is 2.95 bits per heavy atom. The van der Waals surface area contributed by atoms with Gasteiger partial charge in [-0.3, -0.25) is 4.79 Å². The molecule has 1 unspecified atom stereocenters. The van der Waals surface area contributed by atoms with Gasteiger partial charge < -0.3 is 20.1 Å². The van der Waals surface area contributed by atoms with Gasteiger partial charge in [0.15, 0.2) is 0 Å². The Balaban J connectivity index is 0.00000242. The van der Waals surface area contributed by atoms with E-state index in [1.165, 1.54) is 0 Å². The minimum atomic E-state index is 0. The van der Waals surface area contributed by atoms with Gasteiger partial charge in [-0.05, 0) is 37.1 Å². The number of ether oxygens (including phenoxy) is 2. The number of morpholine rings is 1. The first-order chi connectivity index (χ1) is 10.2. The number of hydrogen-bond acceptors (Lipinski definition) is 4. The van der Waals surface area contributed by atoms with Gasteiger partial charge >= 0.3 is 0 Å². The Labute approximate surface area is 138 Å². The summed E-state index contributed by atoms with van der Waals surface area (Å²) >= 11 is 0. The normalized spacial score (nSPS) is 17.5. The molecule has 2 N–H and O–H groups in total. The van der Waals surface area contributed by atoms with E-state index in [2.05, 4.69) is 17.6 Å². The lowest BCUT2D eigenvalue weighted by atomic mass is 10.1. The van der Waals surface area contributed by atoms with E-state index in [9.17, 15) is 4.79 Å². The van der Waals surface area contributed by atoms with Crippen molar-refractivity contribution < 1.29 is 14.3 Å². The molecule has 5 nitrogen and oxygen atoms in total. The smallest absolute Gasteiger partial charge is 0.226 e. The molecule has 1 saturated heterocycles. The molecule has 1 aliphatic heterocycles. The maximum Gasteiger partial charge on any atom is 0.226 e. The van der Waals surface area contributed by atoms with Crippen LogP contribution in [0.1, 0.15) is 25.3 Å². The third-order valence-corrected chi connectivity index (χ3v) is 3.38. The quantitative estimate of drug-likeness (QED) is 0.842. The zero-order valence-electron chi connectivity index (χ0n) is 13.2. The van der Waals surface area contributed by atoms with Crippen molar-refractivity contribution in [2.24, 2.45) is 0 Å². The molecule has 0 saturated carbocycles. The van der Waals surface area contributed by atoms with Crippen molar-refractivity contribution in [3.63, 3.8) is 0 Å². The molecule has 1 atom stereocenters. The third-order valence-electron chi connectivity index (χ3n) is 3.38. The summed E-state index contributed by atoms with van der Waals surface area (Å²) in [5.74, 6) is 0.845. The average Bonchev–Trinajstić information content (AvgIpc) is 2.48. The predicted octanol–water partition coefficient (Wildman–Crippen LogP) is 2.52. The summed E-state index contributed by atoms with van der Waals surface area (Å²) in [6.07, 6.45) is 1.40. The highest BCUT2D eigenvalue weighted by molar-refractivity contribution is 5.92. The first-order valence-corrected chi connectivity index (χ1v) is 7.53. The van der Waals surface area contributed by atoms with Gasteiger partial charge in [0, 0.05) is 24.7 Å². The zero-order chi connectivity index (χ0) is 15.1. The Kier molecular flexibility index (Phi) is 8.24. The van der Waals surface area contributed by atoms with Crippen LogP contribution in [0.2, 0.25) is 0 Å². The molecule has 1 amide bonds. The second-order valence-corrected chi connectivity index (χ2v) is 5.30. The van der Waals surface area contributed by atoms with E-state index < -0.39 is 0 Å². The number of anilines is 1. The fourth-order valence-corrected chi connectivity index (χ4v) is 2.26. The van der Waals surface area contributed by atoms with Crippen LogP contribution in [-0.4, -0.2) is 38.3 Å². The largest absolute Gasteiger partial charge is 0.494 e. The maximum atomic E-state index is 12.1. The van der Waals surface area contributed by atoms with Crippen molar-refractivity contribution in [2.45, 2.75) is 32.7 Å². The van der Waals surface area contributed by atoms with E-state index in [1.54, 1.807) is 0 Å². The van der Waals surface area contributed by atoms with Crippen molar-refractivity contribution in [3.8, 4) is 5.75 Å². The SMILES string of the molecule is CCCOc1ccc(NC(=O)CC2COCCN2)c(C)c1.Cl. The van der Waals surface area contributed by atoms with Crippen LogP contribution in [0, 0.1) is 6.92 Å². The first kappa shape index (κ1) is 18.7. The number of benzene rings is 1. The molecule has 1 fully saturated rings. The minimum Gasteiger partial charge on any atom is -0.494 e. The molecule has 1 aliphatic rings. The predicted molar refractivity (Wildman–Crippen MR) is 90.1 cm³/mol. The molecule has 1 aromatic carbocycles. The molecule has 22 heavy (non-hydrogen) atoms. The second-order valence-electron chi connectivity index (χ2n) is 5.30. The van der Waals surface area contributed by atoms with E-state index in [4.69, 9.17) is 9.47 Å². The van der Waals surface area contributed by atoms with E-state index in [0.717, 1.165) is 36.6 Å². The number of carbonyl (C=O) groups is 1. The molecular formula is C16H25ClN2O3. The lowest BCUT2D eigenvalue weighted by Gasteiger charge is -2.23. The van der Waals surface area contributed by atoms with Crippen molar-refractivity contribution >= 4 is 24.0 Å². The molecule has 0 radical (unpaired) electrons. The highest BCUT2D eigenvalue weighted by atomic mass is 35.5. The van der Waals surface area contributed by atoms with Crippen LogP contribution in [0.25, 0.3) is 0 Å². The summed E-state index contributed by atoms with van der Waals surface area (Å²) in [6.45, 7) is 6.87.